The van der Waals surface area contributed by atoms with E-state index in [0.717, 1.165) is 68.4 Å². The zero-order valence-electron chi connectivity index (χ0n) is 38.5. The summed E-state index contributed by atoms with van der Waals surface area (Å²) in [6.07, 6.45) is 12.1. The number of likely N-dealkylation sites (tertiary alicyclic amines) is 2. The highest BCUT2D eigenvalue weighted by Crippen LogP contribution is 2.18. The van der Waals surface area contributed by atoms with Crippen molar-refractivity contribution in [1.82, 2.24) is 25.8 Å². The number of phenols is 1. The molecule has 19 nitrogen and oxygen atoms in total. The number of carbonyl (C=O) groups is 2. The number of nitrogens with one attached hydrogen (secondary N) is 3. The molecule has 2 aromatic heterocycles. The van der Waals surface area contributed by atoms with Crippen molar-refractivity contribution >= 4 is 23.6 Å². The van der Waals surface area contributed by atoms with Crippen molar-refractivity contribution in [3.8, 4) is 11.5 Å². The maximum atomic E-state index is 12.0. The van der Waals surface area contributed by atoms with Crippen LogP contribution in [0.25, 0.3) is 0 Å². The van der Waals surface area contributed by atoms with Gasteiger partial charge in [0.2, 0.25) is 0 Å². The first-order valence-electron chi connectivity index (χ1n) is 23.0. The number of aliphatic hydroxyl groups is 1. The lowest BCUT2D eigenvalue weighted by molar-refractivity contribution is -0.402. The Morgan fingerprint density at radius 1 is 0.652 bits per heavy atom. The Balaban J connectivity index is 0.000000253. The molecule has 0 aliphatic carbocycles. The van der Waals surface area contributed by atoms with E-state index in [1.807, 2.05) is 38.1 Å². The lowest BCUT2D eigenvalue weighted by Crippen LogP contribution is -2.33. The molecule has 4 aliphatic heterocycles. The highest BCUT2D eigenvalue weighted by atomic mass is 16.7. The van der Waals surface area contributed by atoms with Crippen molar-refractivity contribution in [2.75, 3.05) is 78.8 Å². The van der Waals surface area contributed by atoms with Crippen LogP contribution in [0.15, 0.2) is 81.6 Å². The second-order valence-electron chi connectivity index (χ2n) is 15.3. The molecule has 4 fully saturated rings. The maximum Gasteiger partial charge on any atom is 0.433 e. The second kappa shape index (κ2) is 32.7. The molecule has 2 aromatic carbocycles. The first-order valence-corrected chi connectivity index (χ1v) is 23.0. The third kappa shape index (κ3) is 23.4. The number of piperidine rings is 3. The molecule has 66 heavy (non-hydrogen) atoms. The third-order valence-electron chi connectivity index (χ3n) is 10.2. The molecule has 19 heteroatoms. The quantitative estimate of drug-likeness (QED) is 0.0482. The predicted molar refractivity (Wildman–Crippen MR) is 250 cm³/mol. The molecule has 2 amide bonds. The van der Waals surface area contributed by atoms with Crippen LogP contribution in [0.3, 0.4) is 0 Å². The number of nitro groups is 2. The maximum absolute atomic E-state index is 12.0. The van der Waals surface area contributed by atoms with Crippen molar-refractivity contribution < 1.29 is 48.0 Å². The van der Waals surface area contributed by atoms with Crippen LogP contribution < -0.4 is 20.7 Å². The van der Waals surface area contributed by atoms with Gasteiger partial charge in [-0.1, -0.05) is 57.4 Å². The number of aromatic hydroxyl groups is 1. The number of β-amino-alcohol motifs (C(OH)–C–C–N with tert-alkyl or cyclic N) is 1. The van der Waals surface area contributed by atoms with Gasteiger partial charge in [-0.05, 0) is 125 Å². The summed E-state index contributed by atoms with van der Waals surface area (Å²) in [6.45, 7) is 16.5. The Morgan fingerprint density at radius 2 is 1.08 bits per heavy atom. The summed E-state index contributed by atoms with van der Waals surface area (Å²) in [6, 6.07) is 18.6. The number of carbonyl (C=O) groups excluding carboxylic acids is 2. The van der Waals surface area contributed by atoms with E-state index >= 15 is 0 Å². The van der Waals surface area contributed by atoms with Gasteiger partial charge in [-0.25, -0.2) is 0 Å². The van der Waals surface area contributed by atoms with E-state index in [2.05, 4.69) is 30.5 Å². The summed E-state index contributed by atoms with van der Waals surface area (Å²) < 4.78 is 19.9. The molecule has 4 saturated heterocycles. The SMILES string of the molecule is C1CCNCC1.C1CO1.CC.O=C(NCc1ccc(O)cc1)c1ccc([N+](=O)[O-])o1.O=C(NCc1ccc(OCCN2CCCCC2)cc1)c1ccc([N+](=O)[O-])o1.OCCN1CCCCC1. The summed E-state index contributed by atoms with van der Waals surface area (Å²) >= 11 is 0. The number of phenolic OH excluding ortho intramolecular Hbond substituents is 1. The van der Waals surface area contributed by atoms with Gasteiger partial charge >= 0.3 is 11.8 Å². The Morgan fingerprint density at radius 3 is 1.44 bits per heavy atom. The summed E-state index contributed by atoms with van der Waals surface area (Å²) in [5.41, 5.74) is 1.68. The van der Waals surface area contributed by atoms with Crippen LogP contribution in [0.2, 0.25) is 0 Å². The van der Waals surface area contributed by atoms with Crippen molar-refractivity contribution in [3.05, 3.63) is 116 Å². The van der Waals surface area contributed by atoms with Crippen LogP contribution in [-0.4, -0.2) is 120 Å². The molecular formula is C47H69N7O12. The number of amides is 2. The molecule has 0 unspecified atom stereocenters. The van der Waals surface area contributed by atoms with Crippen LogP contribution in [0.5, 0.6) is 11.5 Å². The molecule has 0 spiro atoms. The fourth-order valence-corrected chi connectivity index (χ4v) is 6.55. The number of epoxide rings is 1. The van der Waals surface area contributed by atoms with E-state index < -0.39 is 33.4 Å². The number of benzene rings is 2. The van der Waals surface area contributed by atoms with Gasteiger partial charge in [0.15, 0.2) is 11.5 Å². The van der Waals surface area contributed by atoms with Gasteiger partial charge in [0.1, 0.15) is 28.0 Å². The molecular weight excluding hydrogens is 855 g/mol. The van der Waals surface area contributed by atoms with E-state index in [9.17, 15) is 29.8 Å². The van der Waals surface area contributed by atoms with Crippen molar-refractivity contribution in [2.24, 2.45) is 0 Å². The number of ether oxygens (including phenoxy) is 2. The van der Waals surface area contributed by atoms with Crippen LogP contribution >= 0.6 is 0 Å². The Bertz CT molecular complexity index is 1920. The van der Waals surface area contributed by atoms with Gasteiger partial charge < -0.3 is 49.4 Å². The number of aliphatic hydroxyl groups excluding tert-OH is 1. The minimum atomic E-state index is -0.712. The normalized spacial score (nSPS) is 15.3. The fraction of sp³-hybridized carbons (Fsp3) is 0.532. The van der Waals surface area contributed by atoms with Gasteiger partial charge in [-0.3, -0.25) is 34.7 Å². The molecule has 4 aliphatic rings. The second-order valence-corrected chi connectivity index (χ2v) is 15.3. The standard InChI is InChI=1S/C19H23N3O5.C12H10N2O5.C7H15NO.C5H11N.C2H4O.C2H6/c23-19(17-8-9-18(27-17)22(24)25)20-14-15-4-6-16(7-5-15)26-13-12-21-10-2-1-3-11-21;15-9-3-1-8(2-4-9)7-13-12(16)10-5-6-11(19-10)14(17)18;9-7-6-8-4-2-1-3-5-8;1-2-4-6-5-3-1;1-2-3-1;1-2/h4-9H,1-3,10-14H2,(H,20,23);1-6,15H,7H2,(H,13,16);9H,1-7H2;6H,1-5H2;1-2H2;1-2H3. The number of rotatable bonds is 14. The molecule has 8 rings (SSSR count). The number of hydrogen-bond acceptors (Lipinski definition) is 15. The first-order chi connectivity index (χ1) is 32.1. The van der Waals surface area contributed by atoms with Crippen LogP contribution in [0.1, 0.15) is 104 Å². The van der Waals surface area contributed by atoms with E-state index in [4.69, 9.17) is 23.8 Å². The summed E-state index contributed by atoms with van der Waals surface area (Å²) in [4.78, 5) is 47.9. The minimum Gasteiger partial charge on any atom is -0.508 e. The van der Waals surface area contributed by atoms with Gasteiger partial charge in [-0.2, -0.15) is 0 Å². The monoisotopic (exact) mass is 924 g/mol. The highest BCUT2D eigenvalue weighted by molar-refractivity contribution is 5.92. The predicted octanol–water partition coefficient (Wildman–Crippen LogP) is 7.07. The Kier molecular flexibility index (Phi) is 27.0. The highest BCUT2D eigenvalue weighted by Gasteiger charge is 2.18. The van der Waals surface area contributed by atoms with E-state index in [1.165, 1.54) is 108 Å². The molecule has 0 bridgehead atoms. The Labute approximate surface area is 387 Å². The minimum absolute atomic E-state index is 0.0839. The Hall–Kier alpha value is -5.86. The molecule has 6 heterocycles. The van der Waals surface area contributed by atoms with Crippen molar-refractivity contribution in [1.29, 1.82) is 0 Å². The molecule has 5 N–H and O–H groups in total. The number of furan rings is 2. The summed E-state index contributed by atoms with van der Waals surface area (Å²) in [5.74, 6) is -1.24. The van der Waals surface area contributed by atoms with Gasteiger partial charge in [0.25, 0.3) is 11.8 Å². The van der Waals surface area contributed by atoms with Gasteiger partial charge in [0, 0.05) is 26.2 Å². The number of hydrogen-bond donors (Lipinski definition) is 5. The average molecular weight is 924 g/mol. The topological polar surface area (TPSA) is 251 Å². The fourth-order valence-electron chi connectivity index (χ4n) is 6.55. The molecule has 0 saturated carbocycles. The lowest BCUT2D eigenvalue weighted by Gasteiger charge is -2.26. The summed E-state index contributed by atoms with van der Waals surface area (Å²) in [5, 5.41) is 47.2. The molecule has 4 aromatic rings. The number of nitrogens with zero attached hydrogens (tertiary/aromatic N) is 4. The van der Waals surface area contributed by atoms with Crippen LogP contribution in [0.4, 0.5) is 11.8 Å². The largest absolute Gasteiger partial charge is 0.508 e. The van der Waals surface area contributed by atoms with E-state index in [-0.39, 0.29) is 23.8 Å². The van der Waals surface area contributed by atoms with Gasteiger partial charge in [0.05, 0.1) is 32.0 Å². The van der Waals surface area contributed by atoms with Crippen LogP contribution in [0, 0.1) is 20.2 Å². The van der Waals surface area contributed by atoms with Gasteiger partial charge in [-0.15, -0.1) is 0 Å². The van der Waals surface area contributed by atoms with Crippen molar-refractivity contribution in [3.63, 3.8) is 0 Å². The molecule has 364 valence electrons. The van der Waals surface area contributed by atoms with E-state index in [0.29, 0.717) is 19.8 Å². The molecule has 0 atom stereocenters. The smallest absolute Gasteiger partial charge is 0.433 e. The van der Waals surface area contributed by atoms with Crippen molar-refractivity contribution in [2.45, 2.75) is 84.7 Å². The third-order valence-corrected chi connectivity index (χ3v) is 10.2. The van der Waals surface area contributed by atoms with Crippen LogP contribution in [-0.2, 0) is 17.8 Å². The molecule has 0 radical (unpaired) electrons. The first kappa shape index (κ1) is 54.5. The van der Waals surface area contributed by atoms with E-state index in [1.54, 1.807) is 12.1 Å². The lowest BCUT2D eigenvalue weighted by atomic mass is 10.1. The average Bonchev–Trinajstić information content (AvgIpc) is 3.99. The summed E-state index contributed by atoms with van der Waals surface area (Å²) in [7, 11) is 0. The zero-order valence-corrected chi connectivity index (χ0v) is 38.5. The zero-order chi connectivity index (χ0) is 47.8.